The number of nitrogens with one attached hydrogen (secondary N) is 1. The number of para-hydroxylation sites is 1. The lowest BCUT2D eigenvalue weighted by Gasteiger charge is -2.36. The van der Waals surface area contributed by atoms with E-state index in [9.17, 15) is 14.4 Å². The molecule has 3 aliphatic rings. The maximum Gasteiger partial charge on any atom is 0.329 e. The van der Waals surface area contributed by atoms with Crippen LogP contribution in [0.25, 0.3) is 0 Å². The highest BCUT2D eigenvalue weighted by Crippen LogP contribution is 2.57. The first-order chi connectivity index (χ1) is 14.0. The van der Waals surface area contributed by atoms with Gasteiger partial charge in [-0.15, -0.1) is 0 Å². The van der Waals surface area contributed by atoms with E-state index in [1.54, 1.807) is 37.1 Å². The van der Waals surface area contributed by atoms with E-state index >= 15 is 0 Å². The zero-order chi connectivity index (χ0) is 20.8. The van der Waals surface area contributed by atoms with Crippen molar-refractivity contribution in [3.8, 4) is 0 Å². The number of carbonyl (C=O) groups excluding carboxylic acids is 3. The number of hydrogen-bond acceptors (Lipinski definition) is 6. The van der Waals surface area contributed by atoms with Crippen LogP contribution in [0.15, 0.2) is 47.1 Å². The van der Waals surface area contributed by atoms with Crippen molar-refractivity contribution in [3.63, 3.8) is 0 Å². The molecule has 1 fully saturated rings. The Morgan fingerprint density at radius 1 is 1.17 bits per heavy atom. The molecule has 8 heteroatoms. The molecule has 1 saturated heterocycles. The monoisotopic (exact) mass is 460 g/mol. The van der Waals surface area contributed by atoms with Crippen molar-refractivity contribution in [2.24, 2.45) is 5.92 Å². The van der Waals surface area contributed by atoms with Gasteiger partial charge >= 0.3 is 11.9 Å². The van der Waals surface area contributed by atoms with Crippen LogP contribution in [0.1, 0.15) is 19.4 Å². The van der Waals surface area contributed by atoms with Crippen molar-refractivity contribution < 1.29 is 23.9 Å². The summed E-state index contributed by atoms with van der Waals surface area (Å²) in [6.45, 7) is 3.71. The Labute approximate surface area is 176 Å². The Kier molecular flexibility index (Phi) is 4.98. The van der Waals surface area contributed by atoms with Gasteiger partial charge in [0.1, 0.15) is 17.4 Å². The van der Waals surface area contributed by atoms with Crippen LogP contribution in [0, 0.1) is 5.92 Å². The quantitative estimate of drug-likeness (QED) is 0.694. The number of fused-ring (bicyclic) bond motifs is 4. The summed E-state index contributed by atoms with van der Waals surface area (Å²) in [5.74, 6) is -2.56. The molecular formula is C21H21BrN2O5. The van der Waals surface area contributed by atoms with E-state index in [0.29, 0.717) is 15.7 Å². The molecule has 7 nitrogen and oxygen atoms in total. The first-order valence-electron chi connectivity index (χ1n) is 9.54. The second-order valence-corrected chi connectivity index (χ2v) is 7.95. The van der Waals surface area contributed by atoms with E-state index < -0.39 is 35.4 Å². The maximum atomic E-state index is 13.5. The smallest absolute Gasteiger partial charge is 0.329 e. The number of allylic oxidation sites excluding steroid dienone is 2. The number of hydrogen-bond donors (Lipinski definition) is 1. The summed E-state index contributed by atoms with van der Waals surface area (Å²) < 4.78 is 11.4. The Balaban J connectivity index is 2.00. The minimum atomic E-state index is -1.33. The predicted molar refractivity (Wildman–Crippen MR) is 109 cm³/mol. The second-order valence-electron chi connectivity index (χ2n) is 7.04. The van der Waals surface area contributed by atoms with Gasteiger partial charge in [0, 0.05) is 16.4 Å². The Bertz CT molecular complexity index is 943. The molecule has 1 aromatic rings. The molecular weight excluding hydrogens is 440 g/mol. The Morgan fingerprint density at radius 2 is 1.86 bits per heavy atom. The summed E-state index contributed by atoms with van der Waals surface area (Å²) in [5.41, 5.74) is -0.0305. The molecule has 0 saturated carbocycles. The summed E-state index contributed by atoms with van der Waals surface area (Å²) in [6.07, 6.45) is 5.33. The average molecular weight is 461 g/mol. The third-order valence-corrected chi connectivity index (χ3v) is 6.40. The van der Waals surface area contributed by atoms with Gasteiger partial charge in [0.2, 0.25) is 5.91 Å². The highest BCUT2D eigenvalue weighted by Gasteiger charge is 2.71. The van der Waals surface area contributed by atoms with Crippen molar-refractivity contribution in [1.29, 1.82) is 0 Å². The van der Waals surface area contributed by atoms with Gasteiger partial charge in [-0.1, -0.05) is 34.1 Å². The highest BCUT2D eigenvalue weighted by molar-refractivity contribution is 9.11. The highest BCUT2D eigenvalue weighted by atomic mass is 79.9. The molecule has 0 radical (unpaired) electrons. The standard InChI is InChI=1S/C21H21BrN2O5/c1-3-28-18(25)15-16(19(26)29-4-2)24-11-7-9-13(22)17(24)21(15)12-8-5-6-10-14(12)23-20(21)27/h5-11,15-17H,3-4H2,1-2H3,(H,23,27)/t15-,16-,17+,21-/m1/s1. The van der Waals surface area contributed by atoms with Crippen molar-refractivity contribution in [2.75, 3.05) is 18.5 Å². The second kappa shape index (κ2) is 7.33. The maximum absolute atomic E-state index is 13.5. The summed E-state index contributed by atoms with van der Waals surface area (Å²) in [5, 5.41) is 2.90. The molecule has 0 bridgehead atoms. The fourth-order valence-electron chi connectivity index (χ4n) is 4.76. The van der Waals surface area contributed by atoms with Crippen molar-refractivity contribution >= 4 is 39.5 Å². The number of anilines is 1. The first-order valence-corrected chi connectivity index (χ1v) is 10.3. The van der Waals surface area contributed by atoms with Crippen LogP contribution in [-0.2, 0) is 29.3 Å². The van der Waals surface area contributed by atoms with Crippen molar-refractivity contribution in [1.82, 2.24) is 4.90 Å². The summed E-state index contributed by atoms with van der Waals surface area (Å²) >= 11 is 3.57. The minimum absolute atomic E-state index is 0.141. The van der Waals surface area contributed by atoms with E-state index in [-0.39, 0.29) is 19.1 Å². The molecule has 4 rings (SSSR count). The normalized spacial score (nSPS) is 29.2. The Hall–Kier alpha value is -2.61. The molecule has 0 unspecified atom stereocenters. The molecule has 3 aliphatic heterocycles. The molecule has 0 aliphatic carbocycles. The van der Waals surface area contributed by atoms with Gasteiger partial charge in [-0.3, -0.25) is 9.59 Å². The molecule has 29 heavy (non-hydrogen) atoms. The number of ether oxygens (including phenoxy) is 2. The SMILES string of the molecule is CCOC(=O)[C@H]1[C@H](C(=O)OCC)[C@@]2(C(=O)Nc3ccccc32)[C@@H]2C(Br)=CC=CN21. The van der Waals surface area contributed by atoms with Crippen LogP contribution in [0.5, 0.6) is 0 Å². The fourth-order valence-corrected chi connectivity index (χ4v) is 5.51. The third-order valence-electron chi connectivity index (χ3n) is 5.70. The van der Waals surface area contributed by atoms with Crippen LogP contribution in [0.3, 0.4) is 0 Å². The zero-order valence-electron chi connectivity index (χ0n) is 16.1. The van der Waals surface area contributed by atoms with Gasteiger partial charge in [0.25, 0.3) is 0 Å². The van der Waals surface area contributed by atoms with Crippen LogP contribution < -0.4 is 5.32 Å². The molecule has 3 heterocycles. The van der Waals surface area contributed by atoms with Gasteiger partial charge < -0.3 is 19.7 Å². The molecule has 1 aromatic carbocycles. The predicted octanol–water partition coefficient (Wildman–Crippen LogP) is 2.48. The number of esters is 2. The van der Waals surface area contributed by atoms with Gasteiger partial charge in [-0.25, -0.2) is 4.79 Å². The zero-order valence-corrected chi connectivity index (χ0v) is 17.6. The number of halogens is 1. The number of rotatable bonds is 4. The van der Waals surface area contributed by atoms with Crippen LogP contribution >= 0.6 is 15.9 Å². The third kappa shape index (κ3) is 2.65. The number of amides is 1. The first kappa shape index (κ1) is 19.7. The molecule has 152 valence electrons. The topological polar surface area (TPSA) is 84.9 Å². The summed E-state index contributed by atoms with van der Waals surface area (Å²) in [6, 6.07) is 5.68. The van der Waals surface area contributed by atoms with E-state index in [0.717, 1.165) is 0 Å². The molecule has 4 atom stereocenters. The fraction of sp³-hybridized carbons (Fsp3) is 0.381. The van der Waals surface area contributed by atoms with Crippen LogP contribution in [0.2, 0.25) is 0 Å². The van der Waals surface area contributed by atoms with E-state index in [1.165, 1.54) is 0 Å². The summed E-state index contributed by atoms with van der Waals surface area (Å²) in [7, 11) is 0. The largest absolute Gasteiger partial charge is 0.466 e. The minimum Gasteiger partial charge on any atom is -0.466 e. The van der Waals surface area contributed by atoms with Gasteiger partial charge in [0.15, 0.2) is 0 Å². The molecule has 1 spiro atoms. The lowest BCUT2D eigenvalue weighted by Crippen LogP contribution is -2.52. The average Bonchev–Trinajstić information content (AvgIpc) is 3.17. The molecule has 1 N–H and O–H groups in total. The van der Waals surface area contributed by atoms with E-state index in [1.807, 2.05) is 24.3 Å². The summed E-state index contributed by atoms with van der Waals surface area (Å²) in [4.78, 5) is 41.5. The van der Waals surface area contributed by atoms with Crippen LogP contribution in [0.4, 0.5) is 5.69 Å². The number of benzene rings is 1. The molecule has 0 aromatic heterocycles. The van der Waals surface area contributed by atoms with E-state index in [4.69, 9.17) is 9.47 Å². The Morgan fingerprint density at radius 3 is 2.59 bits per heavy atom. The van der Waals surface area contributed by atoms with Crippen molar-refractivity contribution in [3.05, 3.63) is 52.7 Å². The van der Waals surface area contributed by atoms with Crippen molar-refractivity contribution in [2.45, 2.75) is 31.3 Å². The van der Waals surface area contributed by atoms with Gasteiger partial charge in [-0.2, -0.15) is 0 Å². The van der Waals surface area contributed by atoms with Gasteiger partial charge in [-0.05, 0) is 37.6 Å². The molecule has 1 amide bonds. The number of nitrogens with zero attached hydrogens (tertiary/aromatic N) is 1. The van der Waals surface area contributed by atoms with Gasteiger partial charge in [0.05, 0.1) is 19.3 Å². The lowest BCUT2D eigenvalue weighted by molar-refractivity contribution is -0.160. The van der Waals surface area contributed by atoms with E-state index in [2.05, 4.69) is 21.2 Å². The number of carbonyl (C=O) groups is 3. The van der Waals surface area contributed by atoms with Crippen LogP contribution in [-0.4, -0.2) is 48.0 Å². The lowest BCUT2D eigenvalue weighted by atomic mass is 9.67.